The minimum atomic E-state index is 0.384. The van der Waals surface area contributed by atoms with E-state index < -0.39 is 0 Å². The fourth-order valence-electron chi connectivity index (χ4n) is 1.68. The van der Waals surface area contributed by atoms with Gasteiger partial charge in [-0.3, -0.25) is 0 Å². The Kier molecular flexibility index (Phi) is 5.19. The molecular weight excluding hydrogens is 437 g/mol. The van der Waals surface area contributed by atoms with Gasteiger partial charge in [0, 0.05) is 6.54 Å². The molecule has 2 heterocycles. The number of rotatable bonds is 4. The first-order chi connectivity index (χ1) is 9.02. The Morgan fingerprint density at radius 1 is 1.37 bits per heavy atom. The molecule has 0 saturated heterocycles. The number of aromatic nitrogens is 2. The second-order valence-electron chi connectivity index (χ2n) is 4.38. The SMILES string of the molecule is CCNc1nc(-c2ccc(Br)s2)nc(C(C)C)c1I. The van der Waals surface area contributed by atoms with Crippen LogP contribution in [0.25, 0.3) is 10.7 Å². The second kappa shape index (κ2) is 6.49. The van der Waals surface area contributed by atoms with Gasteiger partial charge in [0.15, 0.2) is 5.82 Å². The van der Waals surface area contributed by atoms with Gasteiger partial charge in [0.1, 0.15) is 5.82 Å². The van der Waals surface area contributed by atoms with Gasteiger partial charge in [-0.25, -0.2) is 9.97 Å². The van der Waals surface area contributed by atoms with Crippen molar-refractivity contribution in [3.8, 4) is 10.7 Å². The first-order valence-electron chi connectivity index (χ1n) is 6.10. The molecule has 0 saturated carbocycles. The Balaban J connectivity index is 2.55. The number of thiophene rings is 1. The number of nitrogens with zero attached hydrogens (tertiary/aromatic N) is 2. The molecule has 0 aromatic carbocycles. The summed E-state index contributed by atoms with van der Waals surface area (Å²) < 4.78 is 2.22. The summed E-state index contributed by atoms with van der Waals surface area (Å²) in [6.07, 6.45) is 0. The average Bonchev–Trinajstić information content (AvgIpc) is 2.78. The highest BCUT2D eigenvalue weighted by Crippen LogP contribution is 2.33. The smallest absolute Gasteiger partial charge is 0.171 e. The van der Waals surface area contributed by atoms with Crippen molar-refractivity contribution in [3.05, 3.63) is 25.2 Å². The third-order valence-electron chi connectivity index (χ3n) is 2.56. The highest BCUT2D eigenvalue weighted by Gasteiger charge is 2.16. The Labute approximate surface area is 139 Å². The zero-order chi connectivity index (χ0) is 14.0. The van der Waals surface area contributed by atoms with Crippen LogP contribution in [-0.2, 0) is 0 Å². The normalized spacial score (nSPS) is 11.1. The summed E-state index contributed by atoms with van der Waals surface area (Å²) in [6, 6.07) is 4.08. The molecule has 0 unspecified atom stereocenters. The number of hydrogen-bond acceptors (Lipinski definition) is 4. The molecule has 1 N–H and O–H groups in total. The minimum absolute atomic E-state index is 0.384. The van der Waals surface area contributed by atoms with Gasteiger partial charge in [0.2, 0.25) is 0 Å². The molecule has 19 heavy (non-hydrogen) atoms. The van der Waals surface area contributed by atoms with E-state index >= 15 is 0 Å². The van der Waals surface area contributed by atoms with Gasteiger partial charge in [0.25, 0.3) is 0 Å². The van der Waals surface area contributed by atoms with E-state index in [1.807, 2.05) is 6.07 Å². The van der Waals surface area contributed by atoms with Crippen molar-refractivity contribution < 1.29 is 0 Å². The van der Waals surface area contributed by atoms with E-state index in [-0.39, 0.29) is 0 Å². The van der Waals surface area contributed by atoms with Crippen LogP contribution in [0.15, 0.2) is 15.9 Å². The van der Waals surface area contributed by atoms with Crippen molar-refractivity contribution in [2.24, 2.45) is 0 Å². The van der Waals surface area contributed by atoms with Gasteiger partial charge in [-0.15, -0.1) is 11.3 Å². The standard InChI is InChI=1S/C13H15BrIN3S/c1-4-16-13-10(15)11(7(2)3)17-12(18-13)8-5-6-9(14)19-8/h5-7H,4H2,1-3H3,(H,16,17,18). The molecule has 3 nitrogen and oxygen atoms in total. The van der Waals surface area contributed by atoms with Crippen LogP contribution in [0.3, 0.4) is 0 Å². The highest BCUT2D eigenvalue weighted by atomic mass is 127. The molecule has 0 fully saturated rings. The zero-order valence-electron chi connectivity index (χ0n) is 11.0. The fourth-order valence-corrected chi connectivity index (χ4v) is 4.05. The minimum Gasteiger partial charge on any atom is -0.369 e. The molecule has 6 heteroatoms. The lowest BCUT2D eigenvalue weighted by Gasteiger charge is -2.13. The van der Waals surface area contributed by atoms with Crippen molar-refractivity contribution in [1.29, 1.82) is 0 Å². The van der Waals surface area contributed by atoms with E-state index in [0.717, 1.165) is 36.1 Å². The van der Waals surface area contributed by atoms with Crippen molar-refractivity contribution in [3.63, 3.8) is 0 Å². The summed E-state index contributed by atoms with van der Waals surface area (Å²) in [4.78, 5) is 10.5. The lowest BCUT2D eigenvalue weighted by Crippen LogP contribution is -2.08. The molecule has 2 aromatic rings. The number of anilines is 1. The van der Waals surface area contributed by atoms with Crippen LogP contribution in [0.2, 0.25) is 0 Å². The summed E-state index contributed by atoms with van der Waals surface area (Å²) in [5.74, 6) is 2.12. The van der Waals surface area contributed by atoms with E-state index in [1.54, 1.807) is 11.3 Å². The second-order valence-corrected chi connectivity index (χ2v) is 7.93. The van der Waals surface area contributed by atoms with Crippen molar-refractivity contribution in [2.75, 3.05) is 11.9 Å². The van der Waals surface area contributed by atoms with E-state index in [4.69, 9.17) is 4.98 Å². The fraction of sp³-hybridized carbons (Fsp3) is 0.385. The molecule has 0 aliphatic rings. The first kappa shape index (κ1) is 15.2. The zero-order valence-corrected chi connectivity index (χ0v) is 15.6. The molecule has 0 aliphatic carbocycles. The van der Waals surface area contributed by atoms with Crippen LogP contribution >= 0.6 is 49.9 Å². The lowest BCUT2D eigenvalue weighted by molar-refractivity contribution is 0.809. The van der Waals surface area contributed by atoms with Crippen LogP contribution < -0.4 is 5.32 Å². The van der Waals surface area contributed by atoms with E-state index in [2.05, 4.69) is 75.7 Å². The molecular formula is C13H15BrIN3S. The summed E-state index contributed by atoms with van der Waals surface area (Å²) in [5, 5.41) is 3.32. The van der Waals surface area contributed by atoms with Crippen LogP contribution in [0.1, 0.15) is 32.4 Å². The number of halogens is 2. The first-order valence-corrected chi connectivity index (χ1v) is 8.78. The lowest BCUT2D eigenvalue weighted by atomic mass is 10.1. The largest absolute Gasteiger partial charge is 0.369 e. The molecule has 2 aromatic heterocycles. The van der Waals surface area contributed by atoms with Crippen LogP contribution in [0.4, 0.5) is 5.82 Å². The van der Waals surface area contributed by atoms with Crippen molar-refractivity contribution in [2.45, 2.75) is 26.7 Å². The number of nitrogens with one attached hydrogen (secondary N) is 1. The van der Waals surface area contributed by atoms with Crippen molar-refractivity contribution in [1.82, 2.24) is 9.97 Å². The van der Waals surface area contributed by atoms with E-state index in [0.29, 0.717) is 5.92 Å². The van der Waals surface area contributed by atoms with Gasteiger partial charge in [-0.05, 0) is 63.5 Å². The Morgan fingerprint density at radius 3 is 2.63 bits per heavy atom. The Morgan fingerprint density at radius 2 is 2.11 bits per heavy atom. The summed E-state index contributed by atoms with van der Waals surface area (Å²) in [7, 11) is 0. The van der Waals surface area contributed by atoms with Gasteiger partial charge in [-0.2, -0.15) is 0 Å². The van der Waals surface area contributed by atoms with E-state index in [1.165, 1.54) is 0 Å². The van der Waals surface area contributed by atoms with E-state index in [9.17, 15) is 0 Å². The third-order valence-corrected chi connectivity index (χ3v) is 5.24. The van der Waals surface area contributed by atoms with Crippen molar-refractivity contribution >= 4 is 55.7 Å². The average molecular weight is 452 g/mol. The molecule has 0 radical (unpaired) electrons. The Bertz CT molecular complexity index is 583. The van der Waals surface area contributed by atoms with Gasteiger partial charge in [0.05, 0.1) is 17.9 Å². The van der Waals surface area contributed by atoms with Crippen LogP contribution in [-0.4, -0.2) is 16.5 Å². The molecule has 102 valence electrons. The van der Waals surface area contributed by atoms with Gasteiger partial charge < -0.3 is 5.32 Å². The molecule has 0 aliphatic heterocycles. The molecule has 0 spiro atoms. The summed E-state index contributed by atoms with van der Waals surface area (Å²) in [5.41, 5.74) is 1.10. The summed E-state index contributed by atoms with van der Waals surface area (Å²) in [6.45, 7) is 7.26. The quantitative estimate of drug-likeness (QED) is 0.655. The van der Waals surface area contributed by atoms with Crippen LogP contribution in [0.5, 0.6) is 0 Å². The molecule has 0 bridgehead atoms. The predicted octanol–water partition coefficient (Wildman–Crippen LogP) is 5.13. The monoisotopic (exact) mass is 451 g/mol. The maximum Gasteiger partial charge on any atom is 0.171 e. The Hall–Kier alpha value is -0.210. The highest BCUT2D eigenvalue weighted by molar-refractivity contribution is 14.1. The number of hydrogen-bond donors (Lipinski definition) is 1. The topological polar surface area (TPSA) is 37.8 Å². The maximum absolute atomic E-state index is 4.73. The summed E-state index contributed by atoms with van der Waals surface area (Å²) >= 11 is 7.47. The molecule has 0 atom stereocenters. The molecule has 2 rings (SSSR count). The van der Waals surface area contributed by atoms with Gasteiger partial charge in [-0.1, -0.05) is 13.8 Å². The predicted molar refractivity (Wildman–Crippen MR) is 94.0 cm³/mol. The maximum atomic E-state index is 4.73. The van der Waals surface area contributed by atoms with Gasteiger partial charge >= 0.3 is 0 Å². The van der Waals surface area contributed by atoms with Crippen LogP contribution in [0, 0.1) is 3.57 Å². The molecule has 0 amide bonds. The third kappa shape index (κ3) is 3.46.